The molecule has 8 heteroatoms. The summed E-state index contributed by atoms with van der Waals surface area (Å²) in [5.41, 5.74) is 0.690. The third-order valence-electron chi connectivity index (χ3n) is 3.00. The van der Waals surface area contributed by atoms with Crippen molar-refractivity contribution in [3.63, 3.8) is 0 Å². The first-order chi connectivity index (χ1) is 10.5. The van der Waals surface area contributed by atoms with Gasteiger partial charge in [0.1, 0.15) is 0 Å². The molecule has 1 aromatic heterocycles. The van der Waals surface area contributed by atoms with E-state index in [0.717, 1.165) is 9.77 Å². The van der Waals surface area contributed by atoms with Gasteiger partial charge in [-0.1, -0.05) is 11.6 Å². The predicted molar refractivity (Wildman–Crippen MR) is 89.8 cm³/mol. The van der Waals surface area contributed by atoms with Gasteiger partial charge in [-0.05, 0) is 25.1 Å². The van der Waals surface area contributed by atoms with E-state index in [1.165, 1.54) is 23.1 Å². The van der Waals surface area contributed by atoms with Crippen LogP contribution in [0.1, 0.15) is 11.3 Å². The lowest BCUT2D eigenvalue weighted by Crippen LogP contribution is -2.32. The number of nitrogens with one attached hydrogen (secondary N) is 2. The molecule has 0 aliphatic carbocycles. The number of halogens is 1. The zero-order chi connectivity index (χ0) is 15.7. The summed E-state index contributed by atoms with van der Waals surface area (Å²) < 4.78 is 0. The van der Waals surface area contributed by atoms with Crippen LogP contribution in [0.15, 0.2) is 29.3 Å². The zero-order valence-electron chi connectivity index (χ0n) is 11.6. The smallest absolute Gasteiger partial charge is 0.238 e. The Balaban J connectivity index is 1.66. The van der Waals surface area contributed by atoms with E-state index < -0.39 is 5.25 Å². The molecule has 2 N–H and O–H groups in total. The van der Waals surface area contributed by atoms with E-state index in [4.69, 9.17) is 11.6 Å². The SMILES string of the molecule is Cc1cnc(NC(=O)C[C@@H]2Sc3ccc(Cl)cc3NC2=O)s1. The summed E-state index contributed by atoms with van der Waals surface area (Å²) in [4.78, 5) is 30.1. The van der Waals surface area contributed by atoms with E-state index in [1.807, 2.05) is 13.0 Å². The van der Waals surface area contributed by atoms with E-state index in [-0.39, 0.29) is 18.2 Å². The molecule has 0 saturated carbocycles. The van der Waals surface area contributed by atoms with Gasteiger partial charge in [-0.15, -0.1) is 23.1 Å². The van der Waals surface area contributed by atoms with Gasteiger partial charge in [0, 0.05) is 27.4 Å². The Hall–Kier alpha value is -1.57. The number of aromatic nitrogens is 1. The molecule has 0 radical (unpaired) electrons. The van der Waals surface area contributed by atoms with Crippen molar-refractivity contribution < 1.29 is 9.59 Å². The van der Waals surface area contributed by atoms with Crippen LogP contribution >= 0.6 is 34.7 Å². The van der Waals surface area contributed by atoms with Gasteiger partial charge in [-0.2, -0.15) is 0 Å². The highest BCUT2D eigenvalue weighted by molar-refractivity contribution is 8.01. The normalized spacial score (nSPS) is 16.8. The van der Waals surface area contributed by atoms with Crippen LogP contribution in [0.4, 0.5) is 10.8 Å². The fourth-order valence-electron chi connectivity index (χ4n) is 2.01. The summed E-state index contributed by atoms with van der Waals surface area (Å²) in [5.74, 6) is -0.412. The Bertz CT molecular complexity index is 747. The van der Waals surface area contributed by atoms with Crippen LogP contribution in [0.5, 0.6) is 0 Å². The minimum Gasteiger partial charge on any atom is -0.324 e. The molecule has 5 nitrogen and oxygen atoms in total. The number of anilines is 2. The number of carbonyl (C=O) groups excluding carboxylic acids is 2. The number of hydrogen-bond donors (Lipinski definition) is 2. The van der Waals surface area contributed by atoms with Crippen LogP contribution in [-0.2, 0) is 9.59 Å². The standard InChI is InChI=1S/C14H12ClN3O2S2/c1-7-6-16-14(21-7)18-12(19)5-11-13(20)17-9-4-8(15)2-3-10(9)22-11/h2-4,6,11H,5H2,1H3,(H,17,20)(H,16,18,19)/t11-/m0/s1. The Morgan fingerprint density at radius 2 is 2.32 bits per heavy atom. The van der Waals surface area contributed by atoms with Crippen LogP contribution < -0.4 is 10.6 Å². The molecule has 1 aliphatic rings. The topological polar surface area (TPSA) is 71.1 Å². The lowest BCUT2D eigenvalue weighted by atomic mass is 10.2. The molecule has 2 aromatic rings. The Morgan fingerprint density at radius 1 is 1.50 bits per heavy atom. The average Bonchev–Trinajstić information content (AvgIpc) is 2.85. The number of rotatable bonds is 3. The molecule has 22 heavy (non-hydrogen) atoms. The van der Waals surface area contributed by atoms with Crippen molar-refractivity contribution in [2.45, 2.75) is 23.5 Å². The summed E-state index contributed by atoms with van der Waals surface area (Å²) in [5, 5.41) is 6.16. The molecule has 0 unspecified atom stereocenters. The van der Waals surface area contributed by atoms with E-state index >= 15 is 0 Å². The Labute approximate surface area is 140 Å². The molecule has 3 rings (SSSR count). The van der Waals surface area contributed by atoms with Crippen molar-refractivity contribution in [3.05, 3.63) is 34.3 Å². The number of thioether (sulfide) groups is 1. The fourth-order valence-corrected chi connectivity index (χ4v) is 3.95. The second kappa shape index (κ2) is 6.28. The van der Waals surface area contributed by atoms with Gasteiger partial charge in [0.05, 0.1) is 10.9 Å². The number of aryl methyl sites for hydroxylation is 1. The van der Waals surface area contributed by atoms with Crippen molar-refractivity contribution >= 4 is 57.3 Å². The quantitative estimate of drug-likeness (QED) is 0.885. The van der Waals surface area contributed by atoms with Crippen molar-refractivity contribution in [2.24, 2.45) is 0 Å². The fraction of sp³-hybridized carbons (Fsp3) is 0.214. The average molecular weight is 354 g/mol. The number of carbonyl (C=O) groups is 2. The summed E-state index contributed by atoms with van der Waals surface area (Å²) in [6.07, 6.45) is 1.79. The van der Waals surface area contributed by atoms with Crippen molar-refractivity contribution in [3.8, 4) is 0 Å². The number of benzene rings is 1. The largest absolute Gasteiger partial charge is 0.324 e. The monoisotopic (exact) mass is 353 g/mol. The van der Waals surface area contributed by atoms with Crippen molar-refractivity contribution in [1.82, 2.24) is 4.98 Å². The molecular weight excluding hydrogens is 342 g/mol. The van der Waals surface area contributed by atoms with Gasteiger partial charge < -0.3 is 10.6 Å². The molecule has 0 spiro atoms. The lowest BCUT2D eigenvalue weighted by molar-refractivity contribution is -0.120. The van der Waals surface area contributed by atoms with Crippen molar-refractivity contribution in [1.29, 1.82) is 0 Å². The first kappa shape index (κ1) is 15.3. The summed E-state index contributed by atoms with van der Waals surface area (Å²) in [6.45, 7) is 1.92. The number of amides is 2. The maximum Gasteiger partial charge on any atom is 0.238 e. The van der Waals surface area contributed by atoms with Crippen LogP contribution in [-0.4, -0.2) is 22.0 Å². The molecule has 0 fully saturated rings. The molecule has 1 aliphatic heterocycles. The van der Waals surface area contributed by atoms with Gasteiger partial charge in [-0.3, -0.25) is 9.59 Å². The van der Waals surface area contributed by atoms with Gasteiger partial charge >= 0.3 is 0 Å². The van der Waals surface area contributed by atoms with Crippen LogP contribution in [0, 0.1) is 6.92 Å². The molecule has 0 saturated heterocycles. The van der Waals surface area contributed by atoms with Crippen LogP contribution in [0.3, 0.4) is 0 Å². The maximum absolute atomic E-state index is 12.1. The summed E-state index contributed by atoms with van der Waals surface area (Å²) in [6, 6.07) is 5.31. The van der Waals surface area contributed by atoms with Crippen molar-refractivity contribution in [2.75, 3.05) is 10.6 Å². The number of fused-ring (bicyclic) bond motifs is 1. The van der Waals surface area contributed by atoms with Crippen LogP contribution in [0.25, 0.3) is 0 Å². The number of thiazole rings is 1. The number of hydrogen-bond acceptors (Lipinski definition) is 5. The first-order valence-corrected chi connectivity index (χ1v) is 8.58. The van der Waals surface area contributed by atoms with E-state index in [9.17, 15) is 9.59 Å². The highest BCUT2D eigenvalue weighted by Crippen LogP contribution is 2.38. The minimum atomic E-state index is -0.463. The second-order valence-corrected chi connectivity index (χ2v) is 7.68. The van der Waals surface area contributed by atoms with Gasteiger partial charge in [0.15, 0.2) is 5.13 Å². The van der Waals surface area contributed by atoms with Gasteiger partial charge in [-0.25, -0.2) is 4.98 Å². The molecule has 2 amide bonds. The molecular formula is C14H12ClN3O2S2. The Morgan fingerprint density at radius 3 is 3.05 bits per heavy atom. The van der Waals surface area contributed by atoms with Gasteiger partial charge in [0.25, 0.3) is 0 Å². The van der Waals surface area contributed by atoms with Crippen LogP contribution in [0.2, 0.25) is 5.02 Å². The highest BCUT2D eigenvalue weighted by Gasteiger charge is 2.29. The first-order valence-electron chi connectivity index (χ1n) is 6.50. The third-order valence-corrected chi connectivity index (χ3v) is 5.34. The van der Waals surface area contributed by atoms with Gasteiger partial charge in [0.2, 0.25) is 11.8 Å². The molecule has 0 bridgehead atoms. The third kappa shape index (κ3) is 3.43. The molecule has 114 valence electrons. The predicted octanol–water partition coefficient (Wildman–Crippen LogP) is 3.55. The zero-order valence-corrected chi connectivity index (χ0v) is 13.9. The lowest BCUT2D eigenvalue weighted by Gasteiger charge is -2.23. The molecule has 2 heterocycles. The van der Waals surface area contributed by atoms with E-state index in [0.29, 0.717) is 15.8 Å². The molecule has 1 aromatic carbocycles. The second-order valence-electron chi connectivity index (χ2n) is 4.76. The minimum absolute atomic E-state index is 0.0944. The summed E-state index contributed by atoms with van der Waals surface area (Å²) >= 11 is 8.68. The number of nitrogens with zero attached hydrogens (tertiary/aromatic N) is 1. The van der Waals surface area contributed by atoms with E-state index in [1.54, 1.807) is 18.3 Å². The van der Waals surface area contributed by atoms with E-state index in [2.05, 4.69) is 15.6 Å². The summed E-state index contributed by atoms with van der Waals surface area (Å²) in [7, 11) is 0. The molecule has 1 atom stereocenters. The maximum atomic E-state index is 12.1. The highest BCUT2D eigenvalue weighted by atomic mass is 35.5. The Kier molecular flexibility index (Phi) is 4.37.